The Kier molecular flexibility index (Phi) is 4.30. The van der Waals surface area contributed by atoms with Crippen LogP contribution in [0, 0.1) is 12.3 Å². The fourth-order valence-corrected chi connectivity index (χ4v) is 2.05. The summed E-state index contributed by atoms with van der Waals surface area (Å²) >= 11 is 0. The van der Waals surface area contributed by atoms with Crippen molar-refractivity contribution in [1.82, 2.24) is 4.90 Å². The Hall–Kier alpha value is -2.15. The third-order valence-electron chi connectivity index (χ3n) is 2.86. The molecule has 0 saturated carbocycles. The Labute approximate surface area is 113 Å². The largest absolute Gasteiger partial charge is 0.486 e. The van der Waals surface area contributed by atoms with Gasteiger partial charge in [0.2, 0.25) is 0 Å². The van der Waals surface area contributed by atoms with Crippen LogP contribution in [0.3, 0.4) is 0 Å². The molecule has 0 radical (unpaired) electrons. The van der Waals surface area contributed by atoms with E-state index in [0.717, 1.165) is 6.42 Å². The van der Waals surface area contributed by atoms with Crippen molar-refractivity contribution < 1.29 is 14.3 Å². The van der Waals surface area contributed by atoms with Gasteiger partial charge in [-0.1, -0.05) is 18.9 Å². The second-order valence-corrected chi connectivity index (χ2v) is 4.26. The Morgan fingerprint density at radius 1 is 1.42 bits per heavy atom. The number of fused-ring (bicyclic) bond motifs is 1. The third kappa shape index (κ3) is 2.82. The van der Waals surface area contributed by atoms with Gasteiger partial charge in [-0.2, -0.15) is 0 Å². The van der Waals surface area contributed by atoms with Crippen molar-refractivity contribution in [2.24, 2.45) is 0 Å². The second-order valence-electron chi connectivity index (χ2n) is 4.26. The lowest BCUT2D eigenvalue weighted by Crippen LogP contribution is -2.33. The number of carbonyl (C=O) groups is 1. The molecule has 1 heterocycles. The number of carbonyl (C=O) groups excluding carboxylic acids is 1. The quantitative estimate of drug-likeness (QED) is 0.776. The summed E-state index contributed by atoms with van der Waals surface area (Å²) in [6, 6.07) is 5.34. The summed E-state index contributed by atoms with van der Waals surface area (Å²) in [7, 11) is 0. The minimum atomic E-state index is -0.109. The van der Waals surface area contributed by atoms with Gasteiger partial charge in [-0.05, 0) is 18.6 Å². The van der Waals surface area contributed by atoms with Gasteiger partial charge >= 0.3 is 0 Å². The number of amides is 1. The van der Waals surface area contributed by atoms with Gasteiger partial charge in [-0.3, -0.25) is 4.79 Å². The Bertz CT molecular complexity index is 505. The molecule has 0 aromatic heterocycles. The average molecular weight is 259 g/mol. The first kappa shape index (κ1) is 13.3. The van der Waals surface area contributed by atoms with Crippen molar-refractivity contribution in [3.05, 3.63) is 23.8 Å². The van der Waals surface area contributed by atoms with Gasteiger partial charge < -0.3 is 14.4 Å². The molecule has 1 aromatic carbocycles. The zero-order valence-corrected chi connectivity index (χ0v) is 11.0. The number of ether oxygens (including phenoxy) is 2. The summed E-state index contributed by atoms with van der Waals surface area (Å²) in [5, 5.41) is 0. The number of hydrogen-bond donors (Lipinski definition) is 0. The molecular formula is C15H17NO3. The molecule has 0 fully saturated rings. The average Bonchev–Trinajstić information content (AvgIpc) is 2.46. The van der Waals surface area contributed by atoms with Gasteiger partial charge in [0.05, 0.1) is 12.1 Å². The predicted octanol–water partition coefficient (Wildman–Crippen LogP) is 1.94. The lowest BCUT2D eigenvalue weighted by molar-refractivity contribution is 0.0766. The van der Waals surface area contributed by atoms with E-state index in [0.29, 0.717) is 43.4 Å². The van der Waals surface area contributed by atoms with Crippen LogP contribution in [0.5, 0.6) is 11.5 Å². The second kappa shape index (κ2) is 6.14. The normalized spacial score (nSPS) is 12.6. The van der Waals surface area contributed by atoms with E-state index in [4.69, 9.17) is 15.9 Å². The van der Waals surface area contributed by atoms with E-state index in [1.807, 2.05) is 6.92 Å². The maximum absolute atomic E-state index is 12.5. The lowest BCUT2D eigenvalue weighted by Gasteiger charge is -2.24. The Balaban J connectivity index is 2.30. The monoisotopic (exact) mass is 259 g/mol. The van der Waals surface area contributed by atoms with E-state index >= 15 is 0 Å². The zero-order valence-electron chi connectivity index (χ0n) is 11.0. The highest BCUT2D eigenvalue weighted by atomic mass is 16.6. The van der Waals surface area contributed by atoms with Crippen LogP contribution in [0.25, 0.3) is 0 Å². The van der Waals surface area contributed by atoms with Crippen molar-refractivity contribution >= 4 is 5.91 Å². The molecule has 0 saturated heterocycles. The van der Waals surface area contributed by atoms with Crippen LogP contribution < -0.4 is 9.47 Å². The fraction of sp³-hybridized carbons (Fsp3) is 0.400. The van der Waals surface area contributed by atoms with Gasteiger partial charge in [-0.15, -0.1) is 6.42 Å². The SMILES string of the molecule is C#CCN(CCC)C(=O)c1cccc2c1OCCO2. The minimum Gasteiger partial charge on any atom is -0.486 e. The molecule has 4 heteroatoms. The van der Waals surface area contributed by atoms with Crippen LogP contribution in [-0.4, -0.2) is 37.1 Å². The summed E-state index contributed by atoms with van der Waals surface area (Å²) in [4.78, 5) is 14.1. The molecule has 0 aliphatic carbocycles. The van der Waals surface area contributed by atoms with E-state index in [2.05, 4.69) is 5.92 Å². The molecule has 0 unspecified atom stereocenters. The molecule has 0 bridgehead atoms. The molecule has 2 rings (SSSR count). The molecule has 0 N–H and O–H groups in total. The van der Waals surface area contributed by atoms with Crippen LogP contribution >= 0.6 is 0 Å². The fourth-order valence-electron chi connectivity index (χ4n) is 2.05. The van der Waals surface area contributed by atoms with Crippen LogP contribution in [0.4, 0.5) is 0 Å². The summed E-state index contributed by atoms with van der Waals surface area (Å²) in [5.41, 5.74) is 0.515. The molecule has 1 aliphatic rings. The number of para-hydroxylation sites is 1. The standard InChI is InChI=1S/C15H17NO3/c1-3-8-16(9-4-2)15(17)12-6-5-7-13-14(12)19-11-10-18-13/h1,5-7H,4,8-11H2,2H3. The zero-order chi connectivity index (χ0) is 13.7. The van der Waals surface area contributed by atoms with E-state index in [9.17, 15) is 4.79 Å². The summed E-state index contributed by atoms with van der Waals surface area (Å²) in [6.45, 7) is 3.91. The molecule has 1 aromatic rings. The number of hydrogen-bond acceptors (Lipinski definition) is 3. The van der Waals surface area contributed by atoms with Crippen LogP contribution in [0.1, 0.15) is 23.7 Å². The van der Waals surface area contributed by atoms with Gasteiger partial charge in [0, 0.05) is 6.54 Å². The molecule has 1 amide bonds. The molecule has 19 heavy (non-hydrogen) atoms. The third-order valence-corrected chi connectivity index (χ3v) is 2.86. The van der Waals surface area contributed by atoms with Gasteiger partial charge in [0.15, 0.2) is 11.5 Å². The van der Waals surface area contributed by atoms with Crippen LogP contribution in [-0.2, 0) is 0 Å². The van der Waals surface area contributed by atoms with E-state index in [-0.39, 0.29) is 5.91 Å². The molecule has 0 atom stereocenters. The molecule has 100 valence electrons. The van der Waals surface area contributed by atoms with Crippen molar-refractivity contribution in [2.75, 3.05) is 26.3 Å². The van der Waals surface area contributed by atoms with Crippen molar-refractivity contribution in [3.8, 4) is 23.8 Å². The highest BCUT2D eigenvalue weighted by molar-refractivity contribution is 5.98. The molecule has 0 spiro atoms. The summed E-state index contributed by atoms with van der Waals surface area (Å²) in [6.07, 6.45) is 6.17. The summed E-state index contributed by atoms with van der Waals surface area (Å²) < 4.78 is 11.0. The van der Waals surface area contributed by atoms with Crippen LogP contribution in [0.15, 0.2) is 18.2 Å². The Morgan fingerprint density at radius 2 is 2.21 bits per heavy atom. The van der Waals surface area contributed by atoms with E-state index in [1.165, 1.54) is 0 Å². The maximum atomic E-state index is 12.5. The Morgan fingerprint density at radius 3 is 2.95 bits per heavy atom. The number of nitrogens with zero attached hydrogens (tertiary/aromatic N) is 1. The first-order valence-corrected chi connectivity index (χ1v) is 6.39. The highest BCUT2D eigenvalue weighted by Gasteiger charge is 2.23. The molecule has 1 aliphatic heterocycles. The van der Waals surface area contributed by atoms with Crippen molar-refractivity contribution in [3.63, 3.8) is 0 Å². The molecular weight excluding hydrogens is 242 g/mol. The van der Waals surface area contributed by atoms with Gasteiger partial charge in [0.1, 0.15) is 13.2 Å². The summed E-state index contributed by atoms with van der Waals surface area (Å²) in [5.74, 6) is 3.55. The van der Waals surface area contributed by atoms with Crippen LogP contribution in [0.2, 0.25) is 0 Å². The number of terminal acetylenes is 1. The van der Waals surface area contributed by atoms with Gasteiger partial charge in [0.25, 0.3) is 5.91 Å². The number of rotatable bonds is 4. The lowest BCUT2D eigenvalue weighted by atomic mass is 10.1. The first-order chi connectivity index (χ1) is 9.27. The van der Waals surface area contributed by atoms with Gasteiger partial charge in [-0.25, -0.2) is 0 Å². The smallest absolute Gasteiger partial charge is 0.258 e. The van der Waals surface area contributed by atoms with E-state index in [1.54, 1.807) is 23.1 Å². The minimum absolute atomic E-state index is 0.109. The number of benzene rings is 1. The van der Waals surface area contributed by atoms with Crippen molar-refractivity contribution in [1.29, 1.82) is 0 Å². The van der Waals surface area contributed by atoms with E-state index < -0.39 is 0 Å². The maximum Gasteiger partial charge on any atom is 0.258 e. The highest BCUT2D eigenvalue weighted by Crippen LogP contribution is 2.34. The predicted molar refractivity (Wildman–Crippen MR) is 72.5 cm³/mol. The topological polar surface area (TPSA) is 38.8 Å². The first-order valence-electron chi connectivity index (χ1n) is 6.39. The van der Waals surface area contributed by atoms with Crippen molar-refractivity contribution in [2.45, 2.75) is 13.3 Å². The molecule has 4 nitrogen and oxygen atoms in total.